The molecule has 0 saturated carbocycles. The Kier molecular flexibility index (Phi) is 3.73. The fraction of sp³-hybridized carbons (Fsp3) is 0. The first-order valence-corrected chi connectivity index (χ1v) is 7.51. The van der Waals surface area contributed by atoms with Crippen molar-refractivity contribution >= 4 is 28.8 Å². The monoisotopic (exact) mass is 314 g/mol. The highest BCUT2D eigenvalue weighted by Crippen LogP contribution is 2.31. The summed E-state index contributed by atoms with van der Waals surface area (Å²) in [5.41, 5.74) is 8.87. The number of benzene rings is 2. The van der Waals surface area contributed by atoms with Gasteiger partial charge in [0.1, 0.15) is 0 Å². The minimum absolute atomic E-state index is 0.313. The molecule has 3 aromatic rings. The lowest BCUT2D eigenvalue weighted by Gasteiger charge is -2.06. The van der Waals surface area contributed by atoms with Crippen LogP contribution in [0.1, 0.15) is 9.80 Å². The van der Waals surface area contributed by atoms with E-state index in [0.29, 0.717) is 10.0 Å². The smallest absolute Gasteiger partial charge is 0.277 e. The summed E-state index contributed by atoms with van der Waals surface area (Å²) in [6.45, 7) is 0. The van der Waals surface area contributed by atoms with Gasteiger partial charge in [-0.1, -0.05) is 48.0 Å². The minimum Gasteiger partial charge on any atom is -0.364 e. The van der Waals surface area contributed by atoms with E-state index in [0.717, 1.165) is 22.4 Å². The first-order chi connectivity index (χ1) is 10.1. The molecular formula is C16H11ClN2OS. The van der Waals surface area contributed by atoms with Gasteiger partial charge < -0.3 is 5.73 Å². The zero-order valence-electron chi connectivity index (χ0n) is 10.9. The summed E-state index contributed by atoms with van der Waals surface area (Å²) >= 11 is 7.47. The van der Waals surface area contributed by atoms with E-state index < -0.39 is 5.91 Å². The SMILES string of the molecule is NC(=O)c1nc(-c2cccc(-c3ccccc3Cl)c2)cs1. The van der Waals surface area contributed by atoms with Crippen LogP contribution in [0.5, 0.6) is 0 Å². The molecule has 1 heterocycles. The van der Waals surface area contributed by atoms with Gasteiger partial charge in [-0.05, 0) is 17.7 Å². The Morgan fingerprint density at radius 1 is 1.10 bits per heavy atom. The van der Waals surface area contributed by atoms with Crippen molar-refractivity contribution in [3.8, 4) is 22.4 Å². The molecule has 0 bridgehead atoms. The van der Waals surface area contributed by atoms with Crippen molar-refractivity contribution in [3.05, 3.63) is 63.9 Å². The van der Waals surface area contributed by atoms with Crippen LogP contribution in [0, 0.1) is 0 Å². The van der Waals surface area contributed by atoms with Crippen LogP contribution >= 0.6 is 22.9 Å². The molecule has 0 atom stereocenters. The molecule has 5 heteroatoms. The molecule has 0 saturated heterocycles. The van der Waals surface area contributed by atoms with Crippen molar-refractivity contribution in [2.45, 2.75) is 0 Å². The maximum atomic E-state index is 11.1. The summed E-state index contributed by atoms with van der Waals surface area (Å²) in [5, 5.41) is 2.84. The van der Waals surface area contributed by atoms with E-state index in [-0.39, 0.29) is 0 Å². The van der Waals surface area contributed by atoms with Crippen LogP contribution in [0.25, 0.3) is 22.4 Å². The third kappa shape index (κ3) is 2.82. The van der Waals surface area contributed by atoms with E-state index >= 15 is 0 Å². The van der Waals surface area contributed by atoms with E-state index in [9.17, 15) is 4.79 Å². The number of hydrogen-bond acceptors (Lipinski definition) is 3. The summed E-state index contributed by atoms with van der Waals surface area (Å²) < 4.78 is 0. The van der Waals surface area contributed by atoms with Gasteiger partial charge in [0.2, 0.25) is 0 Å². The lowest BCUT2D eigenvalue weighted by molar-refractivity contribution is 0.1000. The predicted octanol–water partition coefficient (Wildman–Crippen LogP) is 4.23. The third-order valence-corrected chi connectivity index (χ3v) is 4.24. The molecule has 1 aromatic heterocycles. The number of amides is 1. The van der Waals surface area contributed by atoms with Crippen molar-refractivity contribution in [3.63, 3.8) is 0 Å². The first-order valence-electron chi connectivity index (χ1n) is 6.26. The van der Waals surface area contributed by atoms with Crippen LogP contribution < -0.4 is 5.73 Å². The second-order valence-electron chi connectivity index (χ2n) is 4.46. The van der Waals surface area contributed by atoms with Gasteiger partial charge in [-0.3, -0.25) is 4.79 Å². The number of rotatable bonds is 3. The summed E-state index contributed by atoms with van der Waals surface area (Å²) in [6, 6.07) is 15.6. The highest BCUT2D eigenvalue weighted by atomic mass is 35.5. The van der Waals surface area contributed by atoms with Gasteiger partial charge in [0, 0.05) is 21.5 Å². The van der Waals surface area contributed by atoms with Crippen LogP contribution in [-0.2, 0) is 0 Å². The van der Waals surface area contributed by atoms with Gasteiger partial charge in [0.15, 0.2) is 5.01 Å². The number of carbonyl (C=O) groups is 1. The molecule has 1 amide bonds. The minimum atomic E-state index is -0.506. The molecule has 3 nitrogen and oxygen atoms in total. The second kappa shape index (κ2) is 5.68. The number of halogens is 1. The van der Waals surface area contributed by atoms with Crippen molar-refractivity contribution in [1.29, 1.82) is 0 Å². The van der Waals surface area contributed by atoms with Crippen LogP contribution in [0.3, 0.4) is 0 Å². The summed E-state index contributed by atoms with van der Waals surface area (Å²) in [6.07, 6.45) is 0. The van der Waals surface area contributed by atoms with Crippen LogP contribution in [0.4, 0.5) is 0 Å². The van der Waals surface area contributed by atoms with Gasteiger partial charge in [-0.2, -0.15) is 0 Å². The van der Waals surface area contributed by atoms with Crippen LogP contribution in [0.15, 0.2) is 53.9 Å². The van der Waals surface area contributed by atoms with Gasteiger partial charge in [-0.15, -0.1) is 11.3 Å². The molecule has 3 rings (SSSR count). The Morgan fingerprint density at radius 2 is 1.86 bits per heavy atom. The maximum Gasteiger partial charge on any atom is 0.277 e. The normalized spacial score (nSPS) is 10.5. The fourth-order valence-corrected chi connectivity index (χ4v) is 2.98. The number of nitrogens with zero attached hydrogens (tertiary/aromatic N) is 1. The van der Waals surface area contributed by atoms with E-state index in [1.807, 2.05) is 53.9 Å². The Balaban J connectivity index is 2.04. The quantitative estimate of drug-likeness (QED) is 0.786. The average Bonchev–Trinajstić information content (AvgIpc) is 2.98. The fourth-order valence-electron chi connectivity index (χ4n) is 2.06. The molecule has 0 spiro atoms. The largest absolute Gasteiger partial charge is 0.364 e. The zero-order valence-corrected chi connectivity index (χ0v) is 12.5. The summed E-state index contributed by atoms with van der Waals surface area (Å²) in [5.74, 6) is -0.506. The third-order valence-electron chi connectivity index (χ3n) is 3.06. The molecule has 0 unspecified atom stereocenters. The average molecular weight is 315 g/mol. The van der Waals surface area contributed by atoms with Crippen LogP contribution in [-0.4, -0.2) is 10.9 Å². The molecule has 21 heavy (non-hydrogen) atoms. The van der Waals surface area contributed by atoms with Gasteiger partial charge in [0.25, 0.3) is 5.91 Å². The molecule has 2 N–H and O–H groups in total. The molecule has 0 aliphatic carbocycles. The van der Waals surface area contributed by atoms with Crippen molar-refractivity contribution in [1.82, 2.24) is 4.98 Å². The number of hydrogen-bond donors (Lipinski definition) is 1. The number of nitrogens with two attached hydrogens (primary N) is 1. The Hall–Kier alpha value is -2.17. The standard InChI is InChI=1S/C16H11ClN2OS/c17-13-7-2-1-6-12(13)10-4-3-5-11(8-10)14-9-21-16(19-14)15(18)20/h1-9H,(H2,18,20). The molecule has 104 valence electrons. The van der Waals surface area contributed by atoms with E-state index in [1.165, 1.54) is 11.3 Å². The molecule has 0 radical (unpaired) electrons. The second-order valence-corrected chi connectivity index (χ2v) is 5.73. The number of primary amides is 1. The number of carbonyl (C=O) groups excluding carboxylic acids is 1. The summed E-state index contributed by atoms with van der Waals surface area (Å²) in [4.78, 5) is 15.4. The Bertz CT molecular complexity index is 813. The molecule has 2 aromatic carbocycles. The van der Waals surface area contributed by atoms with Gasteiger partial charge in [0.05, 0.1) is 5.69 Å². The van der Waals surface area contributed by atoms with E-state index in [4.69, 9.17) is 17.3 Å². The maximum absolute atomic E-state index is 11.1. The van der Waals surface area contributed by atoms with E-state index in [1.54, 1.807) is 0 Å². The predicted molar refractivity (Wildman–Crippen MR) is 86.5 cm³/mol. The summed E-state index contributed by atoms with van der Waals surface area (Å²) in [7, 11) is 0. The highest BCUT2D eigenvalue weighted by molar-refractivity contribution is 7.12. The zero-order chi connectivity index (χ0) is 14.8. The Labute approximate surface area is 131 Å². The van der Waals surface area contributed by atoms with Crippen molar-refractivity contribution in [2.24, 2.45) is 5.73 Å². The Morgan fingerprint density at radius 3 is 2.57 bits per heavy atom. The lowest BCUT2D eigenvalue weighted by Crippen LogP contribution is -2.10. The lowest BCUT2D eigenvalue weighted by atomic mass is 10.0. The van der Waals surface area contributed by atoms with Crippen molar-refractivity contribution in [2.75, 3.05) is 0 Å². The van der Waals surface area contributed by atoms with Crippen molar-refractivity contribution < 1.29 is 4.79 Å². The van der Waals surface area contributed by atoms with Crippen LogP contribution in [0.2, 0.25) is 5.02 Å². The topological polar surface area (TPSA) is 56.0 Å². The number of aromatic nitrogens is 1. The first kappa shape index (κ1) is 13.8. The van der Waals surface area contributed by atoms with Gasteiger partial charge >= 0.3 is 0 Å². The number of thiazole rings is 1. The molecule has 0 aliphatic rings. The molecular weight excluding hydrogens is 304 g/mol. The van der Waals surface area contributed by atoms with E-state index in [2.05, 4.69) is 4.98 Å². The molecule has 0 aliphatic heterocycles. The van der Waals surface area contributed by atoms with Gasteiger partial charge in [-0.25, -0.2) is 4.98 Å². The molecule has 0 fully saturated rings. The highest BCUT2D eigenvalue weighted by Gasteiger charge is 2.10.